The Kier molecular flexibility index (Phi) is 3.18. The Morgan fingerprint density at radius 1 is 1.33 bits per heavy atom. The summed E-state index contributed by atoms with van der Waals surface area (Å²) in [5.74, 6) is 0.235. The third kappa shape index (κ3) is 1.71. The maximum Gasteiger partial charge on any atom is 0.235 e. The highest BCUT2D eigenvalue weighted by molar-refractivity contribution is 9.09. The lowest BCUT2D eigenvalue weighted by Crippen LogP contribution is -2.37. The van der Waals surface area contributed by atoms with Crippen LogP contribution in [0, 0.1) is 0 Å². The van der Waals surface area contributed by atoms with Gasteiger partial charge in [-0.15, -0.1) is 0 Å². The van der Waals surface area contributed by atoms with Crippen LogP contribution in [-0.2, 0) is 16.6 Å². The fourth-order valence-electron chi connectivity index (χ4n) is 3.54. The van der Waals surface area contributed by atoms with Gasteiger partial charge >= 0.3 is 0 Å². The van der Waals surface area contributed by atoms with Crippen molar-refractivity contribution >= 4 is 27.5 Å². The molecule has 1 aromatic rings. The topological polar surface area (TPSA) is 29.1 Å². The third-order valence-electron chi connectivity index (χ3n) is 4.35. The molecular weight excluding hydrogens is 290 g/mol. The molecule has 96 valence electrons. The summed E-state index contributed by atoms with van der Waals surface area (Å²) in [6.07, 6.45) is 6.54. The predicted molar refractivity (Wildman–Crippen MR) is 77.3 cm³/mol. The van der Waals surface area contributed by atoms with E-state index in [1.165, 1.54) is 11.1 Å². The van der Waals surface area contributed by atoms with Gasteiger partial charge in [-0.3, -0.25) is 4.79 Å². The quantitative estimate of drug-likeness (QED) is 0.665. The lowest BCUT2D eigenvalue weighted by Gasteiger charge is -2.33. The molecule has 1 unspecified atom stereocenters. The van der Waals surface area contributed by atoms with Gasteiger partial charge in [0.15, 0.2) is 0 Å². The van der Waals surface area contributed by atoms with Crippen molar-refractivity contribution in [1.29, 1.82) is 0 Å². The minimum Gasteiger partial charge on any atom is -0.325 e. The molecule has 3 rings (SSSR count). The number of anilines is 1. The van der Waals surface area contributed by atoms with Gasteiger partial charge in [0.1, 0.15) is 0 Å². The first-order valence-corrected chi connectivity index (χ1v) is 7.90. The molecule has 0 spiro atoms. The number of carbonyl (C=O) groups excluding carboxylic acids is 1. The molecule has 1 N–H and O–H groups in total. The van der Waals surface area contributed by atoms with Gasteiger partial charge in [-0.25, -0.2) is 0 Å². The monoisotopic (exact) mass is 307 g/mol. The molecule has 2 nitrogen and oxygen atoms in total. The molecule has 18 heavy (non-hydrogen) atoms. The molecule has 0 saturated carbocycles. The van der Waals surface area contributed by atoms with Crippen LogP contribution in [0.3, 0.4) is 0 Å². The van der Waals surface area contributed by atoms with Crippen LogP contribution in [0.4, 0.5) is 5.69 Å². The van der Waals surface area contributed by atoms with E-state index in [4.69, 9.17) is 0 Å². The maximum atomic E-state index is 12.4. The Hall–Kier alpha value is -0.830. The van der Waals surface area contributed by atoms with Gasteiger partial charge in [-0.2, -0.15) is 0 Å². The first-order chi connectivity index (χ1) is 8.78. The second-order valence-corrected chi connectivity index (χ2v) is 6.17. The van der Waals surface area contributed by atoms with Crippen molar-refractivity contribution in [3.8, 4) is 0 Å². The van der Waals surface area contributed by atoms with Crippen molar-refractivity contribution in [2.24, 2.45) is 0 Å². The average molecular weight is 308 g/mol. The van der Waals surface area contributed by atoms with E-state index < -0.39 is 0 Å². The maximum absolute atomic E-state index is 12.4. The lowest BCUT2D eigenvalue weighted by molar-refractivity contribution is -0.121. The molecule has 3 heteroatoms. The summed E-state index contributed by atoms with van der Waals surface area (Å²) in [6.45, 7) is 0. The molecule has 0 bridgehead atoms. The number of rotatable bonds is 4. The van der Waals surface area contributed by atoms with Crippen LogP contribution in [0.1, 0.15) is 43.2 Å². The number of aryl methyl sites for hydroxylation is 1. The van der Waals surface area contributed by atoms with Crippen molar-refractivity contribution in [1.82, 2.24) is 0 Å². The molecule has 1 aliphatic heterocycles. The number of hydrogen-bond acceptors (Lipinski definition) is 1. The van der Waals surface area contributed by atoms with Gasteiger partial charge in [-0.05, 0) is 49.3 Å². The number of alkyl halides is 1. The summed E-state index contributed by atoms with van der Waals surface area (Å²) in [4.78, 5) is 12.4. The van der Waals surface area contributed by atoms with E-state index in [1.54, 1.807) is 0 Å². The normalized spacial score (nSPS) is 24.8. The van der Waals surface area contributed by atoms with Gasteiger partial charge in [0.2, 0.25) is 5.91 Å². The van der Waals surface area contributed by atoms with Crippen LogP contribution in [0.15, 0.2) is 18.2 Å². The minimum atomic E-state index is -0.216. The van der Waals surface area contributed by atoms with Crippen LogP contribution >= 0.6 is 15.9 Å². The Bertz CT molecular complexity index is 485. The molecule has 1 heterocycles. The SMILES string of the molecule is O=C1Nc2cccc3c2C1(CCCCBr)CCC3. The number of nitrogens with one attached hydrogen (secondary N) is 1. The molecular formula is C15H18BrNO. The molecule has 0 aromatic heterocycles. The van der Waals surface area contributed by atoms with Gasteiger partial charge < -0.3 is 5.32 Å². The van der Waals surface area contributed by atoms with E-state index in [-0.39, 0.29) is 11.3 Å². The predicted octanol–water partition coefficient (Wildman–Crippen LogP) is 3.78. The van der Waals surface area contributed by atoms with Crippen LogP contribution in [0.5, 0.6) is 0 Å². The average Bonchev–Trinajstić information content (AvgIpc) is 2.66. The Morgan fingerprint density at radius 2 is 2.22 bits per heavy atom. The molecule has 2 aliphatic rings. The largest absolute Gasteiger partial charge is 0.325 e. The molecule has 1 amide bonds. The Labute approximate surface area is 116 Å². The fraction of sp³-hybridized carbons (Fsp3) is 0.533. The highest BCUT2D eigenvalue weighted by Gasteiger charge is 2.48. The summed E-state index contributed by atoms with van der Waals surface area (Å²) >= 11 is 3.47. The van der Waals surface area contributed by atoms with E-state index in [1.807, 2.05) is 6.07 Å². The molecule has 1 aromatic carbocycles. The summed E-state index contributed by atoms with van der Waals surface area (Å²) in [5, 5.41) is 4.12. The minimum absolute atomic E-state index is 0.216. The van der Waals surface area contributed by atoms with Crippen molar-refractivity contribution in [2.45, 2.75) is 43.9 Å². The van der Waals surface area contributed by atoms with Gasteiger partial charge in [0.25, 0.3) is 0 Å². The number of amides is 1. The van der Waals surface area contributed by atoms with E-state index in [2.05, 4.69) is 33.4 Å². The number of unbranched alkanes of at least 4 members (excludes halogenated alkanes) is 1. The highest BCUT2D eigenvalue weighted by atomic mass is 79.9. The van der Waals surface area contributed by atoms with Gasteiger partial charge in [-0.1, -0.05) is 34.5 Å². The molecule has 0 saturated heterocycles. The number of benzene rings is 1. The molecule has 1 atom stereocenters. The van der Waals surface area contributed by atoms with Crippen LogP contribution < -0.4 is 5.32 Å². The van der Waals surface area contributed by atoms with Crippen molar-refractivity contribution in [3.05, 3.63) is 29.3 Å². The zero-order valence-corrected chi connectivity index (χ0v) is 12.1. The standard InChI is InChI=1S/C15H18BrNO/c16-10-2-1-8-15-9-4-6-11-5-3-7-12(13(11)15)17-14(15)18/h3,5,7H,1-2,4,6,8-10H2,(H,17,18). The third-order valence-corrected chi connectivity index (χ3v) is 4.91. The highest BCUT2D eigenvalue weighted by Crippen LogP contribution is 2.49. The summed E-state index contributed by atoms with van der Waals surface area (Å²) in [6, 6.07) is 6.31. The number of halogens is 1. The van der Waals surface area contributed by atoms with Crippen LogP contribution in [0.2, 0.25) is 0 Å². The Balaban J connectivity index is 2.00. The van der Waals surface area contributed by atoms with Crippen molar-refractivity contribution in [2.75, 3.05) is 10.6 Å². The molecule has 0 fully saturated rings. The van der Waals surface area contributed by atoms with Crippen LogP contribution in [0.25, 0.3) is 0 Å². The first kappa shape index (κ1) is 12.2. The second kappa shape index (κ2) is 4.69. The summed E-state index contributed by atoms with van der Waals surface area (Å²) < 4.78 is 0. The smallest absolute Gasteiger partial charge is 0.235 e. The van der Waals surface area contributed by atoms with E-state index >= 15 is 0 Å². The molecule has 0 radical (unpaired) electrons. The van der Waals surface area contributed by atoms with Crippen molar-refractivity contribution < 1.29 is 4.79 Å². The zero-order valence-electron chi connectivity index (χ0n) is 10.5. The molecule has 1 aliphatic carbocycles. The van der Waals surface area contributed by atoms with E-state index in [0.29, 0.717) is 0 Å². The van der Waals surface area contributed by atoms with Gasteiger partial charge in [0.05, 0.1) is 5.41 Å². The fourth-order valence-corrected chi connectivity index (χ4v) is 3.93. The van der Waals surface area contributed by atoms with Gasteiger partial charge in [0, 0.05) is 11.0 Å². The van der Waals surface area contributed by atoms with E-state index in [0.717, 1.165) is 49.5 Å². The summed E-state index contributed by atoms with van der Waals surface area (Å²) in [7, 11) is 0. The first-order valence-electron chi connectivity index (χ1n) is 6.78. The number of hydrogen-bond donors (Lipinski definition) is 1. The zero-order chi connectivity index (χ0) is 12.6. The van der Waals surface area contributed by atoms with Crippen molar-refractivity contribution in [3.63, 3.8) is 0 Å². The summed E-state index contributed by atoms with van der Waals surface area (Å²) in [5.41, 5.74) is 3.55. The lowest BCUT2D eigenvalue weighted by atomic mass is 9.68. The van der Waals surface area contributed by atoms with E-state index in [9.17, 15) is 4.79 Å². The second-order valence-electron chi connectivity index (χ2n) is 5.38. The number of carbonyl (C=O) groups is 1. The van der Waals surface area contributed by atoms with Crippen LogP contribution in [-0.4, -0.2) is 11.2 Å². The Morgan fingerprint density at radius 3 is 3.06 bits per heavy atom.